The Hall–Kier alpha value is -2.15. The number of hydrogen-bond acceptors (Lipinski definition) is 4. The number of aromatic nitrogens is 1. The molecule has 21 heavy (non-hydrogen) atoms. The average molecular weight is 391 g/mol. The van der Waals surface area contributed by atoms with Crippen molar-refractivity contribution < 1.29 is 14.4 Å². The summed E-state index contributed by atoms with van der Waals surface area (Å²) >= 11 is 1.76. The number of benzene rings is 2. The molecular weight excluding hydrogens is 381 g/mol. The summed E-state index contributed by atoms with van der Waals surface area (Å²) in [5, 5.41) is 13.3. The van der Waals surface area contributed by atoms with E-state index in [0.29, 0.717) is 17.0 Å². The smallest absolute Gasteiger partial charge is 0.222 e. The van der Waals surface area contributed by atoms with Crippen LogP contribution in [0.3, 0.4) is 0 Å². The van der Waals surface area contributed by atoms with Crippen LogP contribution in [0.1, 0.15) is 10.4 Å². The molecule has 0 amide bonds. The SMILES string of the molecule is O=C(I)c1ccc(-c2cc(-c3ccc(O)cc3)on2)cc1. The summed E-state index contributed by atoms with van der Waals surface area (Å²) in [5.74, 6) is 0.830. The van der Waals surface area contributed by atoms with Gasteiger partial charge in [0.1, 0.15) is 11.4 Å². The van der Waals surface area contributed by atoms with E-state index in [2.05, 4.69) is 5.16 Å². The number of phenolic OH excluding ortho intramolecular Hbond substituents is 1. The molecule has 2 aromatic carbocycles. The zero-order valence-electron chi connectivity index (χ0n) is 10.8. The number of halogens is 1. The Labute approximate surface area is 134 Å². The third-order valence-corrected chi connectivity index (χ3v) is 3.69. The fourth-order valence-corrected chi connectivity index (χ4v) is 2.30. The number of phenols is 1. The quantitative estimate of drug-likeness (QED) is 0.535. The largest absolute Gasteiger partial charge is 0.508 e. The summed E-state index contributed by atoms with van der Waals surface area (Å²) < 4.78 is 5.33. The van der Waals surface area contributed by atoms with E-state index < -0.39 is 0 Å². The highest BCUT2D eigenvalue weighted by atomic mass is 127. The molecule has 0 aliphatic carbocycles. The maximum absolute atomic E-state index is 11.2. The van der Waals surface area contributed by atoms with E-state index in [1.165, 1.54) is 0 Å². The third kappa shape index (κ3) is 2.97. The van der Waals surface area contributed by atoms with Crippen molar-refractivity contribution in [2.75, 3.05) is 0 Å². The Morgan fingerprint density at radius 3 is 2.24 bits per heavy atom. The van der Waals surface area contributed by atoms with Crippen LogP contribution in [-0.2, 0) is 0 Å². The maximum atomic E-state index is 11.2. The van der Waals surface area contributed by atoms with Crippen molar-refractivity contribution in [2.45, 2.75) is 0 Å². The third-order valence-electron chi connectivity index (χ3n) is 3.07. The number of nitrogens with zero attached hydrogens (tertiary/aromatic N) is 1. The molecule has 0 fully saturated rings. The van der Waals surface area contributed by atoms with Crippen LogP contribution in [0, 0.1) is 0 Å². The second-order valence-electron chi connectivity index (χ2n) is 4.47. The predicted molar refractivity (Wildman–Crippen MR) is 87.4 cm³/mol. The highest BCUT2D eigenvalue weighted by Crippen LogP contribution is 2.27. The molecule has 3 rings (SSSR count). The molecule has 0 bridgehead atoms. The molecule has 1 N–H and O–H groups in total. The minimum absolute atomic E-state index is 0.00378. The molecule has 0 saturated heterocycles. The van der Waals surface area contributed by atoms with E-state index in [1.807, 2.05) is 18.2 Å². The molecular formula is C16H10INO3. The minimum Gasteiger partial charge on any atom is -0.508 e. The van der Waals surface area contributed by atoms with E-state index >= 15 is 0 Å². The number of carbonyl (C=O) groups is 1. The highest BCUT2D eigenvalue weighted by molar-refractivity contribution is 14.1. The van der Waals surface area contributed by atoms with Gasteiger partial charge in [-0.05, 0) is 36.4 Å². The topological polar surface area (TPSA) is 63.3 Å². The van der Waals surface area contributed by atoms with Crippen LogP contribution in [0.25, 0.3) is 22.6 Å². The second kappa shape index (κ2) is 5.69. The van der Waals surface area contributed by atoms with Crippen molar-refractivity contribution in [1.29, 1.82) is 0 Å². The fourth-order valence-electron chi connectivity index (χ4n) is 1.95. The van der Waals surface area contributed by atoms with Crippen molar-refractivity contribution in [2.24, 2.45) is 0 Å². The van der Waals surface area contributed by atoms with Gasteiger partial charge in [0.25, 0.3) is 0 Å². The molecule has 0 radical (unpaired) electrons. The van der Waals surface area contributed by atoms with E-state index in [0.717, 1.165) is 11.1 Å². The standard InChI is InChI=1S/C16H10INO3/c17-16(20)12-3-1-10(2-4-12)14-9-15(21-18-14)11-5-7-13(19)8-6-11/h1-9,19H. The lowest BCUT2D eigenvalue weighted by atomic mass is 10.1. The summed E-state index contributed by atoms with van der Waals surface area (Å²) in [4.78, 5) is 11.2. The molecule has 1 heterocycles. The van der Waals surface area contributed by atoms with E-state index in [4.69, 9.17) is 4.52 Å². The summed E-state index contributed by atoms with van der Waals surface area (Å²) in [5.41, 5.74) is 3.07. The minimum atomic E-state index is 0.00378. The van der Waals surface area contributed by atoms with Gasteiger partial charge in [-0.3, -0.25) is 4.79 Å². The van der Waals surface area contributed by atoms with Crippen molar-refractivity contribution in [3.05, 3.63) is 60.2 Å². The molecule has 1 aromatic heterocycles. The van der Waals surface area contributed by atoms with Crippen LogP contribution in [0.15, 0.2) is 59.1 Å². The van der Waals surface area contributed by atoms with Crippen LogP contribution in [0.4, 0.5) is 0 Å². The van der Waals surface area contributed by atoms with Gasteiger partial charge in [0.2, 0.25) is 3.79 Å². The van der Waals surface area contributed by atoms with Gasteiger partial charge in [0, 0.05) is 45.3 Å². The molecule has 0 aliphatic heterocycles. The molecule has 0 unspecified atom stereocenters. The molecule has 4 nitrogen and oxygen atoms in total. The van der Waals surface area contributed by atoms with Gasteiger partial charge in [-0.2, -0.15) is 0 Å². The molecule has 0 spiro atoms. The van der Waals surface area contributed by atoms with Crippen LogP contribution in [0.5, 0.6) is 5.75 Å². The first-order valence-corrected chi connectivity index (χ1v) is 7.28. The normalized spacial score (nSPS) is 10.5. The molecule has 5 heteroatoms. The van der Waals surface area contributed by atoms with Gasteiger partial charge < -0.3 is 9.63 Å². The number of hydrogen-bond donors (Lipinski definition) is 1. The molecule has 0 atom stereocenters. The van der Waals surface area contributed by atoms with Gasteiger partial charge in [-0.15, -0.1) is 0 Å². The number of carbonyl (C=O) groups excluding carboxylic acids is 1. The van der Waals surface area contributed by atoms with E-state index in [1.54, 1.807) is 59.0 Å². The Morgan fingerprint density at radius 2 is 1.62 bits per heavy atom. The van der Waals surface area contributed by atoms with Crippen molar-refractivity contribution in [3.8, 4) is 28.3 Å². The van der Waals surface area contributed by atoms with Crippen molar-refractivity contribution >= 4 is 26.4 Å². The molecule has 3 aromatic rings. The number of aromatic hydroxyl groups is 1. The van der Waals surface area contributed by atoms with Crippen molar-refractivity contribution in [1.82, 2.24) is 5.16 Å². The summed E-state index contributed by atoms with van der Waals surface area (Å²) in [7, 11) is 0. The van der Waals surface area contributed by atoms with E-state index in [9.17, 15) is 9.90 Å². The zero-order valence-corrected chi connectivity index (χ0v) is 12.9. The first kappa shape index (κ1) is 13.8. The Balaban J connectivity index is 1.90. The van der Waals surface area contributed by atoms with Crippen LogP contribution in [0.2, 0.25) is 0 Å². The lowest BCUT2D eigenvalue weighted by Gasteiger charge is -1.97. The van der Waals surface area contributed by atoms with Crippen LogP contribution in [-0.4, -0.2) is 14.1 Å². The van der Waals surface area contributed by atoms with Gasteiger partial charge in [-0.25, -0.2) is 0 Å². The molecule has 104 valence electrons. The van der Waals surface area contributed by atoms with Crippen LogP contribution < -0.4 is 0 Å². The maximum Gasteiger partial charge on any atom is 0.222 e. The monoisotopic (exact) mass is 391 g/mol. The van der Waals surface area contributed by atoms with Gasteiger partial charge >= 0.3 is 0 Å². The van der Waals surface area contributed by atoms with Gasteiger partial charge in [0.15, 0.2) is 5.76 Å². The fraction of sp³-hybridized carbons (Fsp3) is 0. The lowest BCUT2D eigenvalue weighted by Crippen LogP contribution is -1.86. The van der Waals surface area contributed by atoms with Crippen molar-refractivity contribution in [3.63, 3.8) is 0 Å². The molecule has 0 aliphatic rings. The Bertz CT molecular complexity index is 776. The first-order chi connectivity index (χ1) is 10.1. The number of rotatable bonds is 3. The zero-order chi connectivity index (χ0) is 14.8. The Morgan fingerprint density at radius 1 is 1.00 bits per heavy atom. The second-order valence-corrected chi connectivity index (χ2v) is 5.45. The average Bonchev–Trinajstić information content (AvgIpc) is 2.98. The van der Waals surface area contributed by atoms with Gasteiger partial charge in [-0.1, -0.05) is 17.3 Å². The highest BCUT2D eigenvalue weighted by Gasteiger charge is 2.09. The lowest BCUT2D eigenvalue weighted by molar-refractivity contribution is 0.110. The van der Waals surface area contributed by atoms with Crippen LogP contribution >= 0.6 is 22.6 Å². The Kier molecular flexibility index (Phi) is 3.74. The predicted octanol–water partition coefficient (Wildman–Crippen LogP) is 4.29. The van der Waals surface area contributed by atoms with E-state index in [-0.39, 0.29) is 9.54 Å². The summed E-state index contributed by atoms with van der Waals surface area (Å²) in [6.45, 7) is 0. The molecule has 0 saturated carbocycles. The summed E-state index contributed by atoms with van der Waals surface area (Å²) in [6, 6.07) is 15.7. The summed E-state index contributed by atoms with van der Waals surface area (Å²) in [6.07, 6.45) is 0. The first-order valence-electron chi connectivity index (χ1n) is 6.20. The van der Waals surface area contributed by atoms with Gasteiger partial charge in [0.05, 0.1) is 0 Å².